The molecule has 4 nitrogen and oxygen atoms in total. The molecule has 0 atom stereocenters. The summed E-state index contributed by atoms with van der Waals surface area (Å²) in [6.45, 7) is 0. The summed E-state index contributed by atoms with van der Waals surface area (Å²) in [5, 5.41) is 3.67. The van der Waals surface area contributed by atoms with E-state index in [1.54, 1.807) is 54.6 Å². The molecule has 0 bridgehead atoms. The average molecular weight is 359 g/mol. The van der Waals surface area contributed by atoms with Gasteiger partial charge in [-0.3, -0.25) is 4.79 Å². The molecule has 0 aliphatic heterocycles. The van der Waals surface area contributed by atoms with E-state index in [-0.39, 0.29) is 5.91 Å². The summed E-state index contributed by atoms with van der Waals surface area (Å²) in [7, 11) is 0. The van der Waals surface area contributed by atoms with Crippen molar-refractivity contribution in [3.8, 4) is 11.6 Å². The molecule has 1 heterocycles. The minimum atomic E-state index is -0.209. The second-order valence-corrected chi connectivity index (χ2v) is 5.73. The van der Waals surface area contributed by atoms with E-state index in [4.69, 9.17) is 27.9 Å². The van der Waals surface area contributed by atoms with Crippen LogP contribution in [0.4, 0.5) is 5.69 Å². The second kappa shape index (κ2) is 7.34. The third kappa shape index (κ3) is 4.04. The topological polar surface area (TPSA) is 51.2 Å². The SMILES string of the molecule is O=C(Nc1ccc(Oc2ccc(Cl)cn2)c(Cl)c1)c1ccccc1. The number of halogens is 2. The van der Waals surface area contributed by atoms with Gasteiger partial charge in [0, 0.05) is 23.5 Å². The van der Waals surface area contributed by atoms with Gasteiger partial charge in [0.1, 0.15) is 5.75 Å². The van der Waals surface area contributed by atoms with Crippen molar-refractivity contribution in [1.29, 1.82) is 0 Å². The minimum absolute atomic E-state index is 0.209. The average Bonchev–Trinajstić information content (AvgIpc) is 2.60. The maximum atomic E-state index is 12.1. The van der Waals surface area contributed by atoms with Gasteiger partial charge in [-0.15, -0.1) is 0 Å². The number of carbonyl (C=O) groups excluding carboxylic acids is 1. The fourth-order valence-corrected chi connectivity index (χ4v) is 2.32. The van der Waals surface area contributed by atoms with E-state index in [0.717, 1.165) is 0 Å². The summed E-state index contributed by atoms with van der Waals surface area (Å²) in [5.41, 5.74) is 1.14. The fraction of sp³-hybridized carbons (Fsp3) is 0. The first kappa shape index (κ1) is 16.3. The zero-order valence-corrected chi connectivity index (χ0v) is 13.9. The Morgan fingerprint density at radius 1 is 1.00 bits per heavy atom. The standard InChI is InChI=1S/C18H12Cl2N2O2/c19-13-6-9-17(21-11-13)24-16-8-7-14(10-15(16)20)22-18(23)12-4-2-1-3-5-12/h1-11H,(H,22,23). The molecular weight excluding hydrogens is 347 g/mol. The molecule has 3 aromatic rings. The van der Waals surface area contributed by atoms with E-state index in [1.165, 1.54) is 6.20 Å². The zero-order chi connectivity index (χ0) is 16.9. The lowest BCUT2D eigenvalue weighted by atomic mass is 10.2. The highest BCUT2D eigenvalue weighted by Gasteiger charge is 2.09. The van der Waals surface area contributed by atoms with Crippen molar-refractivity contribution < 1.29 is 9.53 Å². The van der Waals surface area contributed by atoms with Gasteiger partial charge in [0.2, 0.25) is 5.88 Å². The van der Waals surface area contributed by atoms with Gasteiger partial charge >= 0.3 is 0 Å². The van der Waals surface area contributed by atoms with E-state index in [2.05, 4.69) is 10.3 Å². The Balaban J connectivity index is 1.72. The van der Waals surface area contributed by atoms with E-state index in [1.807, 2.05) is 6.07 Å². The summed E-state index contributed by atoms with van der Waals surface area (Å²) in [6.07, 6.45) is 1.49. The lowest BCUT2D eigenvalue weighted by Crippen LogP contribution is -2.11. The third-order valence-electron chi connectivity index (χ3n) is 3.14. The predicted octanol–water partition coefficient (Wildman–Crippen LogP) is 5.43. The number of carbonyl (C=O) groups is 1. The fourth-order valence-electron chi connectivity index (χ4n) is 1.99. The lowest BCUT2D eigenvalue weighted by Gasteiger charge is -2.09. The first-order valence-electron chi connectivity index (χ1n) is 7.07. The van der Waals surface area contributed by atoms with Gasteiger partial charge in [-0.1, -0.05) is 41.4 Å². The predicted molar refractivity (Wildman–Crippen MR) is 95.2 cm³/mol. The van der Waals surface area contributed by atoms with Crippen molar-refractivity contribution in [1.82, 2.24) is 4.98 Å². The number of hydrogen-bond acceptors (Lipinski definition) is 3. The summed E-state index contributed by atoms with van der Waals surface area (Å²) in [4.78, 5) is 16.2. The first-order valence-corrected chi connectivity index (χ1v) is 7.83. The Morgan fingerprint density at radius 3 is 2.46 bits per heavy atom. The van der Waals surface area contributed by atoms with Gasteiger partial charge in [-0.2, -0.15) is 0 Å². The van der Waals surface area contributed by atoms with Gasteiger partial charge in [-0.25, -0.2) is 4.98 Å². The molecule has 24 heavy (non-hydrogen) atoms. The van der Waals surface area contributed by atoms with Crippen LogP contribution in [0.15, 0.2) is 66.9 Å². The normalized spacial score (nSPS) is 10.2. The molecule has 0 fully saturated rings. The summed E-state index contributed by atoms with van der Waals surface area (Å²) in [5.74, 6) is 0.603. The Morgan fingerprint density at radius 2 is 1.79 bits per heavy atom. The molecule has 0 unspecified atom stereocenters. The van der Waals surface area contributed by atoms with Gasteiger partial charge in [0.15, 0.2) is 0 Å². The van der Waals surface area contributed by atoms with Crippen molar-refractivity contribution in [3.05, 3.63) is 82.5 Å². The molecule has 0 saturated heterocycles. The molecule has 0 spiro atoms. The largest absolute Gasteiger partial charge is 0.437 e. The number of pyridine rings is 1. The number of anilines is 1. The summed E-state index contributed by atoms with van der Waals surface area (Å²) >= 11 is 12.0. The summed E-state index contributed by atoms with van der Waals surface area (Å²) < 4.78 is 5.59. The van der Waals surface area contributed by atoms with Gasteiger partial charge in [-0.05, 0) is 36.4 Å². The number of aromatic nitrogens is 1. The van der Waals surface area contributed by atoms with Crippen LogP contribution in [-0.2, 0) is 0 Å². The van der Waals surface area contributed by atoms with Crippen LogP contribution in [0, 0.1) is 0 Å². The van der Waals surface area contributed by atoms with Crippen LogP contribution in [0.2, 0.25) is 10.0 Å². The monoisotopic (exact) mass is 358 g/mol. The van der Waals surface area contributed by atoms with Crippen molar-refractivity contribution >= 4 is 34.8 Å². The van der Waals surface area contributed by atoms with Crippen LogP contribution in [0.1, 0.15) is 10.4 Å². The van der Waals surface area contributed by atoms with Gasteiger partial charge in [0.25, 0.3) is 5.91 Å². The van der Waals surface area contributed by atoms with E-state index in [9.17, 15) is 4.79 Å². The third-order valence-corrected chi connectivity index (χ3v) is 3.66. The Hall–Kier alpha value is -2.56. The first-order chi connectivity index (χ1) is 11.6. The number of rotatable bonds is 4. The second-order valence-electron chi connectivity index (χ2n) is 4.88. The van der Waals surface area contributed by atoms with Crippen molar-refractivity contribution in [2.75, 3.05) is 5.32 Å². The lowest BCUT2D eigenvalue weighted by molar-refractivity contribution is 0.102. The Labute approximate surface area is 149 Å². The number of benzene rings is 2. The molecule has 2 aromatic carbocycles. The molecule has 1 N–H and O–H groups in total. The number of hydrogen-bond donors (Lipinski definition) is 1. The Bertz CT molecular complexity index is 853. The number of nitrogens with one attached hydrogen (secondary N) is 1. The molecule has 120 valence electrons. The smallest absolute Gasteiger partial charge is 0.255 e. The van der Waals surface area contributed by atoms with Crippen LogP contribution in [0.25, 0.3) is 0 Å². The maximum absolute atomic E-state index is 12.1. The molecule has 0 saturated carbocycles. The molecule has 1 amide bonds. The number of ether oxygens (including phenoxy) is 1. The number of amides is 1. The highest BCUT2D eigenvalue weighted by Crippen LogP contribution is 2.31. The van der Waals surface area contributed by atoms with Crippen LogP contribution >= 0.6 is 23.2 Å². The van der Waals surface area contributed by atoms with Crippen LogP contribution in [0.5, 0.6) is 11.6 Å². The highest BCUT2D eigenvalue weighted by atomic mass is 35.5. The zero-order valence-electron chi connectivity index (χ0n) is 12.4. The maximum Gasteiger partial charge on any atom is 0.255 e. The number of nitrogens with zero attached hydrogens (tertiary/aromatic N) is 1. The summed E-state index contributed by atoms with van der Waals surface area (Å²) in [6, 6.07) is 17.2. The molecule has 0 aliphatic rings. The van der Waals surface area contributed by atoms with E-state index >= 15 is 0 Å². The minimum Gasteiger partial charge on any atom is -0.437 e. The van der Waals surface area contributed by atoms with Gasteiger partial charge < -0.3 is 10.1 Å². The van der Waals surface area contributed by atoms with E-state index < -0.39 is 0 Å². The molecule has 1 aromatic heterocycles. The van der Waals surface area contributed by atoms with Crippen LogP contribution < -0.4 is 10.1 Å². The van der Waals surface area contributed by atoms with Crippen molar-refractivity contribution in [2.45, 2.75) is 0 Å². The van der Waals surface area contributed by atoms with Crippen LogP contribution in [0.3, 0.4) is 0 Å². The van der Waals surface area contributed by atoms with E-state index in [0.29, 0.717) is 32.9 Å². The van der Waals surface area contributed by atoms with Gasteiger partial charge in [0.05, 0.1) is 10.0 Å². The molecule has 0 aliphatic carbocycles. The Kier molecular flexibility index (Phi) is 4.99. The highest BCUT2D eigenvalue weighted by molar-refractivity contribution is 6.32. The van der Waals surface area contributed by atoms with Crippen molar-refractivity contribution in [2.24, 2.45) is 0 Å². The molecule has 3 rings (SSSR count). The van der Waals surface area contributed by atoms with Crippen LogP contribution in [-0.4, -0.2) is 10.9 Å². The van der Waals surface area contributed by atoms with Crippen molar-refractivity contribution in [3.63, 3.8) is 0 Å². The molecular formula is C18H12Cl2N2O2. The molecule has 6 heteroatoms. The quantitative estimate of drug-likeness (QED) is 0.676. The molecule has 0 radical (unpaired) electrons.